The third kappa shape index (κ3) is 12.6. The molecule has 0 radical (unpaired) electrons. The van der Waals surface area contributed by atoms with Crippen molar-refractivity contribution in [2.75, 3.05) is 13.1 Å². The molecule has 0 heterocycles. The van der Waals surface area contributed by atoms with E-state index in [1.165, 1.54) is 0 Å². The number of nitrogens with zero attached hydrogens (tertiary/aromatic N) is 2. The van der Waals surface area contributed by atoms with Crippen molar-refractivity contribution in [1.82, 2.24) is 0 Å². The number of rotatable bonds is 6. The van der Waals surface area contributed by atoms with Gasteiger partial charge in [-0.1, -0.05) is 27.2 Å². The Balaban J connectivity index is -0.000000616. The van der Waals surface area contributed by atoms with E-state index in [1.807, 2.05) is 6.92 Å². The molecule has 0 aliphatic carbocycles. The van der Waals surface area contributed by atoms with E-state index < -0.39 is 12.2 Å². The van der Waals surface area contributed by atoms with Gasteiger partial charge >= 0.3 is 6.18 Å². The number of hydrogen-bond acceptors (Lipinski definition) is 0. The van der Waals surface area contributed by atoms with Crippen molar-refractivity contribution >= 4 is 0 Å². The Morgan fingerprint density at radius 2 is 1.47 bits per heavy atom. The van der Waals surface area contributed by atoms with Crippen LogP contribution in [0.15, 0.2) is 0 Å². The Bertz CT molecular complexity index is 154. The number of halogens is 3. The molecule has 0 spiro atoms. The van der Waals surface area contributed by atoms with Gasteiger partial charge in [0.25, 0.3) is 0 Å². The molecule has 17 heavy (non-hydrogen) atoms. The smallest absolute Gasteiger partial charge is 0.373 e. The van der Waals surface area contributed by atoms with Crippen molar-refractivity contribution in [2.45, 2.75) is 52.4 Å². The molecule has 2 nitrogen and oxygen atoms in total. The zero-order valence-corrected chi connectivity index (χ0v) is 14.2. The summed E-state index contributed by atoms with van der Waals surface area (Å²) < 4.78 is 37.1. The van der Waals surface area contributed by atoms with Crippen LogP contribution in [0.1, 0.15) is 34.1 Å². The average Bonchev–Trinajstić information content (AvgIpc) is 2.19. The zero-order valence-electron chi connectivity index (χ0n) is 11.2. The summed E-state index contributed by atoms with van der Waals surface area (Å²) in [4.78, 5) is 0. The third-order valence-electron chi connectivity index (χ3n) is 1.84. The summed E-state index contributed by atoms with van der Waals surface area (Å²) in [5.41, 5.74) is 0. The molecule has 0 saturated carbocycles. The monoisotopic (exact) mass is 303 g/mol. The Hall–Kier alpha value is 0.333. The van der Waals surface area contributed by atoms with Gasteiger partial charge in [-0.3, -0.25) is 0 Å². The van der Waals surface area contributed by atoms with Gasteiger partial charge in [-0.05, 0) is 6.04 Å². The van der Waals surface area contributed by atoms with Crippen LogP contribution in [-0.2, 0) is 19.5 Å². The minimum Gasteiger partial charge on any atom is -0.660 e. The van der Waals surface area contributed by atoms with Crippen molar-refractivity contribution in [3.63, 3.8) is 0 Å². The summed E-state index contributed by atoms with van der Waals surface area (Å²) in [6, 6.07) is -1.83. The predicted molar refractivity (Wildman–Crippen MR) is 62.8 cm³/mol. The minimum atomic E-state index is -4.23. The quantitative estimate of drug-likeness (QED) is 0.516. The summed E-state index contributed by atoms with van der Waals surface area (Å²) in [6.45, 7) is 10.9. The number of alkyl halides is 3. The van der Waals surface area contributed by atoms with Crippen LogP contribution in [0.2, 0.25) is 0 Å². The Kier molecular flexibility index (Phi) is 16.9. The molecular formula is C11H22F3N2Zn-3. The molecule has 0 rings (SSSR count). The second-order valence-electron chi connectivity index (χ2n) is 3.14. The molecule has 0 saturated heterocycles. The first-order chi connectivity index (χ1) is 7.41. The van der Waals surface area contributed by atoms with E-state index >= 15 is 0 Å². The maximum absolute atomic E-state index is 12.4. The maximum Gasteiger partial charge on any atom is 0.373 e. The fraction of sp³-hybridized carbons (Fsp3) is 0.909. The van der Waals surface area contributed by atoms with Crippen molar-refractivity contribution in [2.24, 2.45) is 0 Å². The van der Waals surface area contributed by atoms with Crippen LogP contribution in [0.25, 0.3) is 10.6 Å². The van der Waals surface area contributed by atoms with E-state index in [4.69, 9.17) is 0 Å². The molecule has 0 fully saturated rings. The fourth-order valence-corrected chi connectivity index (χ4v) is 1.24. The molecule has 0 aromatic heterocycles. The summed E-state index contributed by atoms with van der Waals surface area (Å²) in [7, 11) is 0. The topological polar surface area (TPSA) is 28.2 Å². The molecule has 0 N–H and O–H groups in total. The van der Waals surface area contributed by atoms with Gasteiger partial charge in [-0.25, -0.2) is 0 Å². The van der Waals surface area contributed by atoms with Gasteiger partial charge in [0, 0.05) is 19.5 Å². The molecule has 0 aliphatic rings. The van der Waals surface area contributed by atoms with Crippen molar-refractivity contribution < 1.29 is 32.6 Å². The minimum absolute atomic E-state index is 0. The van der Waals surface area contributed by atoms with Crippen LogP contribution in [0.3, 0.4) is 0 Å². The first-order valence-corrected chi connectivity index (χ1v) is 5.52. The zero-order chi connectivity index (χ0) is 13.2. The van der Waals surface area contributed by atoms with Gasteiger partial charge in [0.2, 0.25) is 0 Å². The van der Waals surface area contributed by atoms with E-state index in [9.17, 15) is 13.2 Å². The second-order valence-corrected chi connectivity index (χ2v) is 3.14. The second kappa shape index (κ2) is 12.8. The fourth-order valence-electron chi connectivity index (χ4n) is 1.24. The van der Waals surface area contributed by atoms with Crippen molar-refractivity contribution in [3.8, 4) is 0 Å². The maximum atomic E-state index is 12.4. The molecule has 0 aliphatic heterocycles. The van der Waals surface area contributed by atoms with Crippen LogP contribution >= 0.6 is 0 Å². The Morgan fingerprint density at radius 3 is 1.76 bits per heavy atom. The van der Waals surface area contributed by atoms with E-state index in [0.29, 0.717) is 6.54 Å². The van der Waals surface area contributed by atoms with Gasteiger partial charge in [0.05, 0.1) is 0 Å². The predicted octanol–water partition coefficient (Wildman–Crippen LogP) is 4.32. The molecule has 0 amide bonds. The first-order valence-electron chi connectivity index (χ1n) is 5.52. The molecule has 0 aromatic carbocycles. The van der Waals surface area contributed by atoms with Crippen LogP contribution in [0, 0.1) is 6.92 Å². The largest absolute Gasteiger partial charge is 0.660 e. The van der Waals surface area contributed by atoms with Crippen LogP contribution in [0.5, 0.6) is 0 Å². The van der Waals surface area contributed by atoms with Crippen molar-refractivity contribution in [1.29, 1.82) is 0 Å². The molecule has 0 bridgehead atoms. The van der Waals surface area contributed by atoms with E-state index in [1.54, 1.807) is 20.8 Å². The Labute approximate surface area is 116 Å². The average molecular weight is 305 g/mol. The van der Waals surface area contributed by atoms with E-state index in [0.717, 1.165) is 0 Å². The molecule has 0 aromatic rings. The SMILES string of the molecule is CC[N-]C(C)CC([N-]CC)C(F)(F)F.[CH2-]C.[Zn]. The van der Waals surface area contributed by atoms with Gasteiger partial charge in [0.15, 0.2) is 0 Å². The van der Waals surface area contributed by atoms with Crippen LogP contribution in [0.4, 0.5) is 13.2 Å². The molecule has 2 unspecified atom stereocenters. The van der Waals surface area contributed by atoms with Gasteiger partial charge in [-0.15, -0.1) is 6.04 Å². The first kappa shape index (κ1) is 22.5. The summed E-state index contributed by atoms with van der Waals surface area (Å²) in [6.07, 6.45) is -4.27. The molecule has 6 heteroatoms. The Morgan fingerprint density at radius 1 is 1.06 bits per heavy atom. The van der Waals surface area contributed by atoms with Crippen LogP contribution in [-0.4, -0.2) is 31.3 Å². The van der Waals surface area contributed by atoms with Crippen molar-refractivity contribution in [3.05, 3.63) is 17.6 Å². The standard InChI is InChI=1S/C9H17F3N2.C2H5.Zn/c1-4-13-7(3)6-8(14-5-2)9(10,11)12;1-2;/h7-8H,4-6H2,1-3H3;1H2,2H3;/q-2;-1;. The molecule has 102 valence electrons. The van der Waals surface area contributed by atoms with Crippen LogP contribution < -0.4 is 0 Å². The molecular weight excluding hydrogens is 283 g/mol. The molecule has 2 atom stereocenters. The summed E-state index contributed by atoms with van der Waals surface area (Å²) >= 11 is 0. The normalized spacial score (nSPS) is 14.1. The summed E-state index contributed by atoms with van der Waals surface area (Å²) in [5, 5.41) is 7.53. The van der Waals surface area contributed by atoms with E-state index in [-0.39, 0.29) is 38.5 Å². The summed E-state index contributed by atoms with van der Waals surface area (Å²) in [5.74, 6) is 0. The van der Waals surface area contributed by atoms with Gasteiger partial charge in [-0.2, -0.15) is 33.2 Å². The van der Waals surface area contributed by atoms with E-state index in [2.05, 4.69) is 17.6 Å². The third-order valence-corrected chi connectivity index (χ3v) is 1.84. The number of hydrogen-bond donors (Lipinski definition) is 0. The van der Waals surface area contributed by atoms with Gasteiger partial charge < -0.3 is 17.6 Å². The van der Waals surface area contributed by atoms with Gasteiger partial charge in [0.1, 0.15) is 0 Å².